The van der Waals surface area contributed by atoms with Crippen molar-refractivity contribution in [2.24, 2.45) is 16.2 Å². The third kappa shape index (κ3) is 12.6. The van der Waals surface area contributed by atoms with Crippen molar-refractivity contribution in [3.05, 3.63) is 88.0 Å². The van der Waals surface area contributed by atoms with Crippen molar-refractivity contribution in [2.45, 2.75) is 178 Å². The van der Waals surface area contributed by atoms with E-state index in [1.165, 1.54) is 0 Å². The smallest absolute Gasteiger partial charge is 0.226 e. The van der Waals surface area contributed by atoms with Gasteiger partial charge in [-0.25, -0.2) is 0 Å². The largest absolute Gasteiger partial charge is 0.508 e. The lowest BCUT2D eigenvalue weighted by molar-refractivity contribution is -0.159. The molecule has 3 amide bonds. The minimum atomic E-state index is -0.339. The zero-order valence-electron chi connectivity index (χ0n) is 42.1. The first-order valence-electron chi connectivity index (χ1n) is 22.8. The number of carbonyl (C=O) groups excluding carboxylic acids is 3. The second-order valence-electron chi connectivity index (χ2n) is 24.7. The van der Waals surface area contributed by atoms with Crippen LogP contribution in [0.5, 0.6) is 17.2 Å². The number of aromatic hydroxyl groups is 3. The first kappa shape index (κ1) is 51.1. The van der Waals surface area contributed by atoms with E-state index >= 15 is 0 Å². The molecule has 0 saturated carbocycles. The molecule has 4 rings (SSSR count). The third-order valence-corrected chi connectivity index (χ3v) is 13.0. The van der Waals surface area contributed by atoms with Gasteiger partial charge in [0.25, 0.3) is 0 Å². The first-order valence-corrected chi connectivity index (χ1v) is 22.8. The number of amides is 3. The van der Waals surface area contributed by atoms with E-state index in [2.05, 4.69) is 125 Å². The molecule has 0 radical (unpaired) electrons. The molecule has 0 aliphatic carbocycles. The Morgan fingerprint density at radius 2 is 0.619 bits per heavy atom. The Morgan fingerprint density at radius 3 is 0.794 bits per heavy atom. The minimum Gasteiger partial charge on any atom is -0.508 e. The van der Waals surface area contributed by atoms with Crippen molar-refractivity contribution in [1.29, 1.82) is 0 Å². The summed E-state index contributed by atoms with van der Waals surface area (Å²) >= 11 is 0. The van der Waals surface area contributed by atoms with Crippen LogP contribution in [0.15, 0.2) is 54.6 Å². The summed E-state index contributed by atoms with van der Waals surface area (Å²) in [6.45, 7) is 37.6. The van der Waals surface area contributed by atoms with E-state index in [-0.39, 0.29) is 124 Å². The molecule has 0 spiro atoms. The van der Waals surface area contributed by atoms with Crippen molar-refractivity contribution in [1.82, 2.24) is 14.7 Å². The summed E-state index contributed by atoms with van der Waals surface area (Å²) in [5, 5.41) is 32.5. The van der Waals surface area contributed by atoms with E-state index in [1.807, 2.05) is 36.4 Å². The van der Waals surface area contributed by atoms with Gasteiger partial charge in [0.05, 0.1) is 20.0 Å². The molecule has 1 aliphatic heterocycles. The number of benzene rings is 3. The molecule has 63 heavy (non-hydrogen) atoms. The fraction of sp³-hybridized carbons (Fsp3) is 0.611. The van der Waals surface area contributed by atoms with Crippen LogP contribution in [0.1, 0.15) is 195 Å². The molecule has 1 aliphatic rings. The van der Waals surface area contributed by atoms with Gasteiger partial charge in [0.1, 0.15) is 17.2 Å². The lowest BCUT2D eigenvalue weighted by Crippen LogP contribution is -2.60. The van der Waals surface area contributed by atoms with Crippen molar-refractivity contribution in [2.75, 3.05) is 20.0 Å². The number of phenolic OH excluding ortho intramolecular Hbond substituents is 3. The summed E-state index contributed by atoms with van der Waals surface area (Å²) in [6.07, 6.45) is 0.427. The van der Waals surface area contributed by atoms with E-state index in [1.54, 1.807) is 32.9 Å². The molecule has 3 N–H and O–H groups in total. The number of hydrogen-bond acceptors (Lipinski definition) is 6. The summed E-state index contributed by atoms with van der Waals surface area (Å²) in [4.78, 5) is 49.4. The predicted molar refractivity (Wildman–Crippen MR) is 256 cm³/mol. The van der Waals surface area contributed by atoms with E-state index in [0.717, 1.165) is 33.4 Å². The van der Waals surface area contributed by atoms with Gasteiger partial charge in [-0.1, -0.05) is 161 Å². The highest BCUT2D eigenvalue weighted by molar-refractivity contribution is 5.83. The number of nitrogens with zero attached hydrogens (tertiary/aromatic N) is 3. The van der Waals surface area contributed by atoms with Gasteiger partial charge in [-0.3, -0.25) is 14.4 Å². The van der Waals surface area contributed by atoms with Gasteiger partial charge in [0.2, 0.25) is 17.7 Å². The van der Waals surface area contributed by atoms with Crippen molar-refractivity contribution < 1.29 is 29.7 Å². The maximum atomic E-state index is 14.8. The Kier molecular flexibility index (Phi) is 14.7. The SMILES string of the molecule is CC(C)(C)c1cc(C(CC(=O)N2CN(C(=O)CC(c3ccc(O)c(C(C)(C)C)c3)C(C)(C)C)CN(C(=O)CC(c3ccc(O)c(C(C)(C)C)c3)C(C)(C)C)C2)C(C)(C)C)ccc1O. The maximum absolute atomic E-state index is 14.8. The summed E-state index contributed by atoms with van der Waals surface area (Å²) in [7, 11) is 0. The minimum absolute atomic E-state index is 0.0381. The van der Waals surface area contributed by atoms with Gasteiger partial charge in [-0.15, -0.1) is 0 Å². The van der Waals surface area contributed by atoms with Crippen LogP contribution in [0.4, 0.5) is 0 Å². The van der Waals surface area contributed by atoms with E-state index < -0.39 is 0 Å². The third-order valence-electron chi connectivity index (χ3n) is 13.0. The van der Waals surface area contributed by atoms with E-state index in [4.69, 9.17) is 0 Å². The van der Waals surface area contributed by atoms with Crippen LogP contribution in [0.25, 0.3) is 0 Å². The monoisotopic (exact) mass is 868 g/mol. The van der Waals surface area contributed by atoms with Crippen LogP contribution in [0, 0.1) is 16.2 Å². The van der Waals surface area contributed by atoms with Gasteiger partial charge in [0, 0.05) is 19.3 Å². The zero-order chi connectivity index (χ0) is 48.0. The molecule has 3 unspecified atom stereocenters. The highest BCUT2D eigenvalue weighted by Crippen LogP contribution is 2.45. The number of rotatable bonds is 9. The maximum Gasteiger partial charge on any atom is 0.226 e. The molecular formula is C54H81N3O6. The Bertz CT molecular complexity index is 1880. The number of hydrogen-bond donors (Lipinski definition) is 3. The van der Waals surface area contributed by atoms with Crippen molar-refractivity contribution >= 4 is 17.7 Å². The quantitative estimate of drug-likeness (QED) is 0.197. The van der Waals surface area contributed by atoms with Crippen molar-refractivity contribution in [3.8, 4) is 17.2 Å². The molecule has 0 aromatic heterocycles. The normalized spacial score (nSPS) is 16.2. The molecule has 3 aromatic carbocycles. The van der Waals surface area contributed by atoms with Gasteiger partial charge >= 0.3 is 0 Å². The highest BCUT2D eigenvalue weighted by atomic mass is 16.3. The molecular weight excluding hydrogens is 787 g/mol. The van der Waals surface area contributed by atoms with Crippen LogP contribution < -0.4 is 0 Å². The fourth-order valence-electron chi connectivity index (χ4n) is 9.02. The molecule has 1 saturated heterocycles. The average molecular weight is 868 g/mol. The van der Waals surface area contributed by atoms with Crippen molar-refractivity contribution in [3.63, 3.8) is 0 Å². The summed E-state index contributed by atoms with van der Waals surface area (Å²) in [5.74, 6) is -0.533. The first-order chi connectivity index (χ1) is 28.5. The summed E-state index contributed by atoms with van der Waals surface area (Å²) in [6, 6.07) is 16.9. The Labute approximate surface area is 380 Å². The zero-order valence-corrected chi connectivity index (χ0v) is 42.1. The predicted octanol–water partition coefficient (Wildman–Crippen LogP) is 12.0. The fourth-order valence-corrected chi connectivity index (χ4v) is 9.02. The molecule has 3 atom stereocenters. The molecule has 9 heteroatoms. The Morgan fingerprint density at radius 1 is 0.413 bits per heavy atom. The van der Waals surface area contributed by atoms with Gasteiger partial charge in [-0.2, -0.15) is 0 Å². The molecule has 0 bridgehead atoms. The van der Waals surface area contributed by atoms with Crippen LogP contribution in [-0.4, -0.2) is 67.7 Å². The summed E-state index contributed by atoms with van der Waals surface area (Å²) in [5.41, 5.74) is 3.29. The van der Waals surface area contributed by atoms with Crippen LogP contribution in [0.2, 0.25) is 0 Å². The van der Waals surface area contributed by atoms with Crippen LogP contribution in [0.3, 0.4) is 0 Å². The average Bonchev–Trinajstić information content (AvgIpc) is 3.12. The lowest BCUT2D eigenvalue weighted by Gasteiger charge is -2.44. The van der Waals surface area contributed by atoms with E-state index in [9.17, 15) is 29.7 Å². The number of phenols is 3. The van der Waals surface area contributed by atoms with Gasteiger partial charge < -0.3 is 30.0 Å². The van der Waals surface area contributed by atoms with Gasteiger partial charge in [0.15, 0.2) is 0 Å². The second-order valence-corrected chi connectivity index (χ2v) is 24.7. The molecule has 9 nitrogen and oxygen atoms in total. The van der Waals surface area contributed by atoms with Crippen LogP contribution in [-0.2, 0) is 30.6 Å². The molecule has 1 heterocycles. The van der Waals surface area contributed by atoms with Gasteiger partial charge in [-0.05, 0) is 102 Å². The number of carbonyl (C=O) groups is 3. The Hall–Kier alpha value is -4.53. The van der Waals surface area contributed by atoms with Crippen LogP contribution >= 0.6 is 0 Å². The summed E-state index contributed by atoms with van der Waals surface area (Å²) < 4.78 is 0. The lowest BCUT2D eigenvalue weighted by atomic mass is 9.72. The molecule has 3 aromatic rings. The Balaban J connectivity index is 1.77. The van der Waals surface area contributed by atoms with E-state index in [0.29, 0.717) is 0 Å². The second kappa shape index (κ2) is 18.2. The topological polar surface area (TPSA) is 122 Å². The molecule has 1 fully saturated rings. The standard InChI is InChI=1S/C54H81N3O6/c1-49(2,3)37(34-19-22-43(58)40(25-34)52(10,11)12)28-46(61)55-31-56(47(62)29-38(50(4,5)6)35-20-23-44(59)41(26-35)53(13,14)15)33-57(32-55)48(63)30-39(51(7,8)9)36-21-24-45(60)42(27-36)54(16,17)18/h19-27,37-39,58-60H,28-33H2,1-18H3. The molecule has 348 valence electrons. The highest BCUT2D eigenvalue weighted by Gasteiger charge is 2.40.